The monoisotopic (exact) mass is 373 g/mol. The van der Waals surface area contributed by atoms with Crippen molar-refractivity contribution >= 4 is 11.6 Å². The second kappa shape index (κ2) is 6.91. The van der Waals surface area contributed by atoms with E-state index in [1.165, 1.54) is 0 Å². The molecule has 3 heterocycles. The summed E-state index contributed by atoms with van der Waals surface area (Å²) < 4.78 is 7.88. The Labute approximate surface area is 164 Å². The molecule has 2 saturated heterocycles. The minimum absolute atomic E-state index is 0.0133. The lowest BCUT2D eigenvalue weighted by atomic mass is 9.77. The first-order chi connectivity index (χ1) is 13.7. The maximum Gasteiger partial charge on any atom is 0.230 e. The van der Waals surface area contributed by atoms with Gasteiger partial charge in [-0.2, -0.15) is 5.10 Å². The number of anilines is 1. The maximum absolute atomic E-state index is 13.1. The number of fused-ring (bicyclic) bond motifs is 2. The normalized spacial score (nSPS) is 25.8. The molecule has 0 radical (unpaired) electrons. The van der Waals surface area contributed by atoms with Gasteiger partial charge in [0, 0.05) is 24.8 Å². The molecule has 2 bridgehead atoms. The van der Waals surface area contributed by atoms with E-state index in [9.17, 15) is 4.79 Å². The van der Waals surface area contributed by atoms with Gasteiger partial charge in [-0.3, -0.25) is 9.48 Å². The lowest BCUT2D eigenvalue weighted by molar-refractivity contribution is -0.121. The molecule has 3 aromatic rings. The molecule has 2 aromatic carbocycles. The second-order valence-corrected chi connectivity index (χ2v) is 7.69. The first-order valence-corrected chi connectivity index (χ1v) is 9.80. The summed E-state index contributed by atoms with van der Waals surface area (Å²) in [5.41, 5.74) is 4.06. The summed E-state index contributed by atoms with van der Waals surface area (Å²) >= 11 is 0. The van der Waals surface area contributed by atoms with Crippen molar-refractivity contribution in [3.63, 3.8) is 0 Å². The number of benzene rings is 2. The standard InChI is InChI=1S/C23H23N3O2/c1-26-14-13-18(25-26)21-19-11-12-20(28-19)22(21)23(27)24-17-9-7-16(8-10-17)15-5-3-2-4-6-15/h2-10,13-14,19-22H,11-12H2,1H3,(H,24,27). The molecule has 28 heavy (non-hydrogen) atoms. The minimum Gasteiger partial charge on any atom is -0.373 e. The molecule has 1 N–H and O–H groups in total. The molecule has 142 valence electrons. The quantitative estimate of drug-likeness (QED) is 0.752. The van der Waals surface area contributed by atoms with Gasteiger partial charge in [-0.15, -0.1) is 0 Å². The molecule has 5 heteroatoms. The predicted octanol–water partition coefficient (Wildman–Crippen LogP) is 3.99. The summed E-state index contributed by atoms with van der Waals surface area (Å²) in [7, 11) is 1.90. The Balaban J connectivity index is 1.34. The Bertz CT molecular complexity index is 981. The Kier molecular flexibility index (Phi) is 4.24. The number of carbonyl (C=O) groups excluding carboxylic acids is 1. The molecule has 4 unspecified atom stereocenters. The van der Waals surface area contributed by atoms with Crippen LogP contribution in [-0.2, 0) is 16.6 Å². The highest BCUT2D eigenvalue weighted by Gasteiger charge is 2.53. The minimum atomic E-state index is -0.192. The summed E-state index contributed by atoms with van der Waals surface area (Å²) in [5, 5.41) is 7.65. The SMILES string of the molecule is Cn1ccc(C2C3CCC(O3)C2C(=O)Nc2ccc(-c3ccccc3)cc2)n1. The number of rotatable bonds is 4. The molecule has 5 nitrogen and oxygen atoms in total. The molecule has 5 rings (SSSR count). The van der Waals surface area contributed by atoms with Gasteiger partial charge in [-0.1, -0.05) is 42.5 Å². The number of nitrogens with one attached hydrogen (secondary N) is 1. The van der Waals surface area contributed by atoms with Crippen LogP contribution in [0.3, 0.4) is 0 Å². The van der Waals surface area contributed by atoms with E-state index in [0.29, 0.717) is 0 Å². The Morgan fingerprint density at radius 3 is 2.43 bits per heavy atom. The van der Waals surface area contributed by atoms with Crippen LogP contribution in [0.25, 0.3) is 11.1 Å². The van der Waals surface area contributed by atoms with Gasteiger partial charge in [-0.05, 0) is 42.2 Å². The van der Waals surface area contributed by atoms with E-state index in [1.807, 2.05) is 61.8 Å². The predicted molar refractivity (Wildman–Crippen MR) is 108 cm³/mol. The van der Waals surface area contributed by atoms with E-state index in [4.69, 9.17) is 4.74 Å². The zero-order valence-corrected chi connectivity index (χ0v) is 15.8. The van der Waals surface area contributed by atoms with E-state index in [1.54, 1.807) is 4.68 Å². The third kappa shape index (κ3) is 3.02. The van der Waals surface area contributed by atoms with Crippen LogP contribution >= 0.6 is 0 Å². The molecule has 0 saturated carbocycles. The highest BCUT2D eigenvalue weighted by molar-refractivity contribution is 5.94. The molecular weight excluding hydrogens is 350 g/mol. The number of ether oxygens (including phenoxy) is 1. The van der Waals surface area contributed by atoms with Crippen LogP contribution in [0, 0.1) is 5.92 Å². The van der Waals surface area contributed by atoms with Gasteiger partial charge in [0.25, 0.3) is 0 Å². The van der Waals surface area contributed by atoms with Crippen molar-refractivity contribution in [1.29, 1.82) is 0 Å². The van der Waals surface area contributed by atoms with Crippen molar-refractivity contribution in [2.24, 2.45) is 13.0 Å². The third-order valence-electron chi connectivity index (χ3n) is 5.91. The average Bonchev–Trinajstić information content (AvgIpc) is 3.45. The number of nitrogens with zero attached hydrogens (tertiary/aromatic N) is 2. The summed E-state index contributed by atoms with van der Waals surface area (Å²) in [6, 6.07) is 20.2. The molecular formula is C23H23N3O2. The van der Waals surface area contributed by atoms with Crippen LogP contribution in [0.1, 0.15) is 24.5 Å². The van der Waals surface area contributed by atoms with E-state index < -0.39 is 0 Å². The van der Waals surface area contributed by atoms with Crippen LogP contribution in [0.5, 0.6) is 0 Å². The highest BCUT2D eigenvalue weighted by Crippen LogP contribution is 2.48. The zero-order chi connectivity index (χ0) is 19.1. The van der Waals surface area contributed by atoms with E-state index in [0.717, 1.165) is 35.3 Å². The molecule has 1 amide bonds. The number of hydrogen-bond acceptors (Lipinski definition) is 3. The molecule has 4 atom stereocenters. The molecule has 2 aliphatic rings. The van der Waals surface area contributed by atoms with E-state index in [2.05, 4.69) is 22.5 Å². The highest BCUT2D eigenvalue weighted by atomic mass is 16.5. The van der Waals surface area contributed by atoms with Gasteiger partial charge in [0.15, 0.2) is 0 Å². The number of amides is 1. The third-order valence-corrected chi connectivity index (χ3v) is 5.91. The van der Waals surface area contributed by atoms with Crippen molar-refractivity contribution in [3.8, 4) is 11.1 Å². The zero-order valence-electron chi connectivity index (χ0n) is 15.8. The van der Waals surface area contributed by atoms with Gasteiger partial charge in [-0.25, -0.2) is 0 Å². The largest absolute Gasteiger partial charge is 0.373 e. The van der Waals surface area contributed by atoms with Crippen molar-refractivity contribution in [3.05, 3.63) is 72.6 Å². The molecule has 0 spiro atoms. The number of aryl methyl sites for hydroxylation is 1. The fourth-order valence-electron chi connectivity index (χ4n) is 4.60. The maximum atomic E-state index is 13.1. The number of hydrogen-bond donors (Lipinski definition) is 1. The Morgan fingerprint density at radius 2 is 1.71 bits per heavy atom. The van der Waals surface area contributed by atoms with Gasteiger partial charge in [0.05, 0.1) is 23.8 Å². The van der Waals surface area contributed by atoms with Crippen LogP contribution in [0.4, 0.5) is 5.69 Å². The molecule has 0 aliphatic carbocycles. The van der Waals surface area contributed by atoms with Crippen LogP contribution in [0.15, 0.2) is 66.9 Å². The second-order valence-electron chi connectivity index (χ2n) is 7.69. The van der Waals surface area contributed by atoms with Crippen molar-refractivity contribution < 1.29 is 9.53 Å². The smallest absolute Gasteiger partial charge is 0.230 e. The lowest BCUT2D eigenvalue weighted by Gasteiger charge is -2.25. The van der Waals surface area contributed by atoms with Crippen molar-refractivity contribution in [2.75, 3.05) is 5.32 Å². The van der Waals surface area contributed by atoms with Gasteiger partial charge in [0.1, 0.15) is 0 Å². The number of carbonyl (C=O) groups is 1. The topological polar surface area (TPSA) is 56.1 Å². The van der Waals surface area contributed by atoms with Crippen molar-refractivity contribution in [1.82, 2.24) is 9.78 Å². The van der Waals surface area contributed by atoms with Gasteiger partial charge < -0.3 is 10.1 Å². The first kappa shape index (κ1) is 17.2. The summed E-state index contributed by atoms with van der Waals surface area (Å²) in [6.07, 6.45) is 3.95. The summed E-state index contributed by atoms with van der Waals surface area (Å²) in [6.45, 7) is 0. The van der Waals surface area contributed by atoms with Crippen LogP contribution < -0.4 is 5.32 Å². The first-order valence-electron chi connectivity index (χ1n) is 9.80. The lowest BCUT2D eigenvalue weighted by Crippen LogP contribution is -2.36. The van der Waals surface area contributed by atoms with Crippen LogP contribution in [0.2, 0.25) is 0 Å². The average molecular weight is 373 g/mol. The number of aromatic nitrogens is 2. The van der Waals surface area contributed by atoms with E-state index in [-0.39, 0.29) is 30.0 Å². The van der Waals surface area contributed by atoms with Crippen LogP contribution in [-0.4, -0.2) is 27.9 Å². The van der Waals surface area contributed by atoms with Gasteiger partial charge in [0.2, 0.25) is 5.91 Å². The fraction of sp³-hybridized carbons (Fsp3) is 0.304. The molecule has 1 aromatic heterocycles. The van der Waals surface area contributed by atoms with Gasteiger partial charge >= 0.3 is 0 Å². The molecule has 2 fully saturated rings. The Hall–Kier alpha value is -2.92. The van der Waals surface area contributed by atoms with E-state index >= 15 is 0 Å². The summed E-state index contributed by atoms with van der Waals surface area (Å²) in [5.74, 6) is -0.138. The Morgan fingerprint density at radius 1 is 1.00 bits per heavy atom. The van der Waals surface area contributed by atoms with Crippen molar-refractivity contribution in [2.45, 2.75) is 31.0 Å². The fourth-order valence-corrected chi connectivity index (χ4v) is 4.60. The molecule has 2 aliphatic heterocycles. The summed E-state index contributed by atoms with van der Waals surface area (Å²) in [4.78, 5) is 13.1.